The first kappa shape index (κ1) is 17.3. The Hall–Kier alpha value is -1.08. The molecule has 0 saturated carbocycles. The number of benzene rings is 2. The average Bonchev–Trinajstić information content (AvgIpc) is 2.44. The lowest BCUT2D eigenvalue weighted by Crippen LogP contribution is -1.99. The van der Waals surface area contributed by atoms with Crippen LogP contribution in [0.1, 0.15) is 20.7 Å². The fraction of sp³-hybridized carbons (Fsp3) is 0. The Balaban J connectivity index is 2.06. The molecule has 0 unspecified atom stereocenters. The Kier molecular flexibility index (Phi) is 5.86. The van der Waals surface area contributed by atoms with E-state index in [-0.39, 0.29) is 21.2 Å². The molecule has 114 valence electrons. The number of halogens is 4. The molecule has 0 N–H and O–H groups in total. The van der Waals surface area contributed by atoms with Gasteiger partial charge in [0.15, 0.2) is 0 Å². The molecule has 0 bridgehead atoms. The molecule has 0 saturated heterocycles. The van der Waals surface area contributed by atoms with Crippen LogP contribution >= 0.6 is 44.8 Å². The van der Waals surface area contributed by atoms with Crippen LogP contribution in [0.5, 0.6) is 0 Å². The zero-order chi connectivity index (χ0) is 16.3. The Morgan fingerprint density at radius 2 is 1.14 bits per heavy atom. The summed E-state index contributed by atoms with van der Waals surface area (Å²) < 4.78 is 27.1. The third kappa shape index (κ3) is 4.23. The third-order valence-corrected chi connectivity index (χ3v) is 4.95. The SMILES string of the molecule is O=C(SSC(=O)c1ccc(Cl)cc1F)c1ccc(Cl)cc1F. The van der Waals surface area contributed by atoms with Crippen LogP contribution in [0.3, 0.4) is 0 Å². The summed E-state index contributed by atoms with van der Waals surface area (Å²) in [5.41, 5.74) is -0.405. The molecule has 0 aliphatic rings. The predicted molar refractivity (Wildman–Crippen MR) is 86.7 cm³/mol. The zero-order valence-corrected chi connectivity index (χ0v) is 13.8. The highest BCUT2D eigenvalue weighted by molar-refractivity contribution is 8.87. The van der Waals surface area contributed by atoms with Crippen LogP contribution in [0.4, 0.5) is 8.78 Å². The van der Waals surface area contributed by atoms with Crippen LogP contribution in [0.2, 0.25) is 10.0 Å². The molecular formula is C14H6Cl2F2O2S2. The molecular weight excluding hydrogens is 373 g/mol. The van der Waals surface area contributed by atoms with Crippen LogP contribution in [0.15, 0.2) is 36.4 Å². The summed E-state index contributed by atoms with van der Waals surface area (Å²) in [6, 6.07) is 7.18. The van der Waals surface area contributed by atoms with Gasteiger partial charge in [0.1, 0.15) is 11.6 Å². The number of rotatable bonds is 2. The van der Waals surface area contributed by atoms with Crippen molar-refractivity contribution in [3.05, 3.63) is 69.2 Å². The first-order valence-electron chi connectivity index (χ1n) is 5.72. The van der Waals surface area contributed by atoms with E-state index in [1.807, 2.05) is 0 Å². The molecule has 0 spiro atoms. The van der Waals surface area contributed by atoms with E-state index in [2.05, 4.69) is 0 Å². The molecule has 0 aliphatic carbocycles. The summed E-state index contributed by atoms with van der Waals surface area (Å²) in [5.74, 6) is -1.56. The molecule has 2 nitrogen and oxygen atoms in total. The Morgan fingerprint density at radius 1 is 0.773 bits per heavy atom. The summed E-state index contributed by atoms with van der Waals surface area (Å²) >= 11 is 11.2. The minimum absolute atomic E-state index is 0.158. The van der Waals surface area contributed by atoms with E-state index < -0.39 is 21.9 Å². The third-order valence-electron chi connectivity index (χ3n) is 2.50. The zero-order valence-electron chi connectivity index (χ0n) is 10.6. The van der Waals surface area contributed by atoms with Gasteiger partial charge < -0.3 is 0 Å². The highest BCUT2D eigenvalue weighted by Crippen LogP contribution is 2.32. The van der Waals surface area contributed by atoms with E-state index in [0.717, 1.165) is 12.1 Å². The van der Waals surface area contributed by atoms with Gasteiger partial charge in [0.2, 0.25) is 10.2 Å². The van der Waals surface area contributed by atoms with Crippen LogP contribution in [0, 0.1) is 11.6 Å². The van der Waals surface area contributed by atoms with Crippen molar-refractivity contribution < 1.29 is 18.4 Å². The topological polar surface area (TPSA) is 34.1 Å². The van der Waals surface area contributed by atoms with E-state index in [0.29, 0.717) is 21.6 Å². The number of carbonyl (C=O) groups is 2. The minimum atomic E-state index is -0.782. The lowest BCUT2D eigenvalue weighted by atomic mass is 10.2. The standard InChI is InChI=1S/C14H6Cl2F2O2S2/c15-7-1-3-9(11(17)5-7)13(19)21-22-14(20)10-4-2-8(16)6-12(10)18/h1-6H. The van der Waals surface area contributed by atoms with Crippen molar-refractivity contribution in [2.75, 3.05) is 0 Å². The highest BCUT2D eigenvalue weighted by atomic mass is 35.5. The molecule has 0 amide bonds. The summed E-state index contributed by atoms with van der Waals surface area (Å²) in [4.78, 5) is 23.7. The predicted octanol–water partition coefficient (Wildman–Crippen LogP) is 5.63. The van der Waals surface area contributed by atoms with Crippen LogP contribution in [0.25, 0.3) is 0 Å². The van der Waals surface area contributed by atoms with Crippen LogP contribution in [-0.2, 0) is 0 Å². The summed E-state index contributed by atoms with van der Waals surface area (Å²) in [6.45, 7) is 0. The van der Waals surface area contributed by atoms with Crippen LogP contribution in [-0.4, -0.2) is 10.2 Å². The largest absolute Gasteiger partial charge is 0.281 e. The number of hydrogen-bond acceptors (Lipinski definition) is 4. The minimum Gasteiger partial charge on any atom is -0.281 e. The van der Waals surface area contributed by atoms with Crippen molar-refractivity contribution in [3.63, 3.8) is 0 Å². The maximum Gasteiger partial charge on any atom is 0.233 e. The normalized spacial score (nSPS) is 10.5. The Bertz CT molecular complexity index is 690. The maximum atomic E-state index is 13.6. The highest BCUT2D eigenvalue weighted by Gasteiger charge is 2.18. The molecule has 22 heavy (non-hydrogen) atoms. The van der Waals surface area contributed by atoms with Crippen molar-refractivity contribution in [3.8, 4) is 0 Å². The lowest BCUT2D eigenvalue weighted by molar-refractivity contribution is 0.107. The van der Waals surface area contributed by atoms with E-state index in [4.69, 9.17) is 23.2 Å². The Labute approximate surface area is 142 Å². The molecule has 0 radical (unpaired) electrons. The molecule has 2 aromatic rings. The monoisotopic (exact) mass is 378 g/mol. The second-order valence-electron chi connectivity index (χ2n) is 3.99. The maximum absolute atomic E-state index is 13.6. The summed E-state index contributed by atoms with van der Waals surface area (Å²) in [7, 11) is 1.02. The van der Waals surface area contributed by atoms with Crippen molar-refractivity contribution in [1.82, 2.24) is 0 Å². The van der Waals surface area contributed by atoms with Gasteiger partial charge in [-0.15, -0.1) is 0 Å². The number of carbonyl (C=O) groups excluding carboxylic acids is 2. The van der Waals surface area contributed by atoms with Gasteiger partial charge in [0.05, 0.1) is 11.1 Å². The molecule has 0 atom stereocenters. The quantitative estimate of drug-likeness (QED) is 0.633. The summed E-state index contributed by atoms with van der Waals surface area (Å²) in [5, 5.41) is -1.01. The van der Waals surface area contributed by atoms with Crippen molar-refractivity contribution in [2.24, 2.45) is 0 Å². The number of hydrogen-bond donors (Lipinski definition) is 0. The van der Waals surface area contributed by atoms with Crippen molar-refractivity contribution in [2.45, 2.75) is 0 Å². The molecule has 8 heteroatoms. The first-order valence-corrected chi connectivity index (χ1v) is 8.62. The molecule has 0 aliphatic heterocycles. The van der Waals surface area contributed by atoms with Gasteiger partial charge in [-0.1, -0.05) is 23.2 Å². The van der Waals surface area contributed by atoms with Crippen LogP contribution < -0.4 is 0 Å². The van der Waals surface area contributed by atoms with Crippen molar-refractivity contribution in [1.29, 1.82) is 0 Å². The van der Waals surface area contributed by atoms with Gasteiger partial charge in [-0.2, -0.15) is 0 Å². The van der Waals surface area contributed by atoms with E-state index in [1.54, 1.807) is 0 Å². The van der Waals surface area contributed by atoms with E-state index in [1.165, 1.54) is 24.3 Å². The van der Waals surface area contributed by atoms with Gasteiger partial charge in [-0.3, -0.25) is 9.59 Å². The molecule has 0 aromatic heterocycles. The second kappa shape index (κ2) is 7.46. The van der Waals surface area contributed by atoms with Gasteiger partial charge in [-0.25, -0.2) is 8.78 Å². The van der Waals surface area contributed by atoms with Crippen molar-refractivity contribution >= 4 is 55.0 Å². The fourth-order valence-electron chi connectivity index (χ4n) is 1.48. The smallest absolute Gasteiger partial charge is 0.233 e. The first-order chi connectivity index (χ1) is 10.4. The molecule has 2 aromatic carbocycles. The average molecular weight is 379 g/mol. The van der Waals surface area contributed by atoms with E-state index in [9.17, 15) is 18.4 Å². The summed E-state index contributed by atoms with van der Waals surface area (Å²) in [6.07, 6.45) is 0. The molecule has 0 fully saturated rings. The van der Waals surface area contributed by atoms with Gasteiger partial charge in [0, 0.05) is 10.0 Å². The van der Waals surface area contributed by atoms with E-state index >= 15 is 0 Å². The lowest BCUT2D eigenvalue weighted by Gasteiger charge is -2.03. The second-order valence-corrected chi connectivity index (χ2v) is 6.94. The van der Waals surface area contributed by atoms with Gasteiger partial charge in [-0.05, 0) is 58.0 Å². The molecule has 0 heterocycles. The van der Waals surface area contributed by atoms with Gasteiger partial charge in [0.25, 0.3) is 0 Å². The Morgan fingerprint density at radius 3 is 1.45 bits per heavy atom. The molecule has 2 rings (SSSR count). The fourth-order valence-corrected chi connectivity index (χ4v) is 3.45. The van der Waals surface area contributed by atoms with Gasteiger partial charge >= 0.3 is 0 Å².